The highest BCUT2D eigenvalue weighted by Gasteiger charge is 2.05. The van der Waals surface area contributed by atoms with Crippen molar-refractivity contribution < 1.29 is 0 Å². The summed E-state index contributed by atoms with van der Waals surface area (Å²) < 4.78 is 2.22. The number of fused-ring (bicyclic) bond motifs is 1. The van der Waals surface area contributed by atoms with Crippen molar-refractivity contribution in [3.8, 4) is 0 Å². The van der Waals surface area contributed by atoms with Crippen molar-refractivity contribution in [2.75, 3.05) is 6.54 Å². The minimum absolute atomic E-state index is 0.774. The van der Waals surface area contributed by atoms with E-state index in [0.717, 1.165) is 30.8 Å². The van der Waals surface area contributed by atoms with Crippen LogP contribution in [0.5, 0.6) is 0 Å². The van der Waals surface area contributed by atoms with E-state index in [1.54, 1.807) is 0 Å². The summed E-state index contributed by atoms with van der Waals surface area (Å²) in [7, 11) is 2.09. The lowest BCUT2D eigenvalue weighted by atomic mass is 10.2. The average molecular weight is 237 g/mol. The quantitative estimate of drug-likeness (QED) is 0.813. The molecule has 1 aromatic carbocycles. The van der Waals surface area contributed by atoms with E-state index in [0.29, 0.717) is 0 Å². The number of aromatic nitrogens is 1. The highest BCUT2D eigenvalue weighted by atomic mass is 35.5. The van der Waals surface area contributed by atoms with Crippen molar-refractivity contribution in [1.29, 1.82) is 0 Å². The van der Waals surface area contributed by atoms with Crippen LogP contribution < -0.4 is 5.73 Å². The molecule has 16 heavy (non-hydrogen) atoms. The molecule has 0 aliphatic rings. The largest absolute Gasteiger partial charge is 0.348 e. The lowest BCUT2D eigenvalue weighted by Gasteiger charge is -2.03. The number of nitrogens with two attached hydrogens (primary N) is 1. The molecular weight excluding hydrogens is 220 g/mol. The van der Waals surface area contributed by atoms with Crippen LogP contribution >= 0.6 is 11.6 Å². The third-order valence-electron chi connectivity index (χ3n) is 2.99. The number of rotatable bonds is 4. The minimum atomic E-state index is 0.774. The summed E-state index contributed by atoms with van der Waals surface area (Å²) in [4.78, 5) is 0. The molecule has 2 nitrogen and oxygen atoms in total. The Kier molecular flexibility index (Phi) is 3.52. The van der Waals surface area contributed by atoms with Crippen LogP contribution in [0.4, 0.5) is 0 Å². The Bertz CT molecular complexity index is 488. The van der Waals surface area contributed by atoms with Gasteiger partial charge >= 0.3 is 0 Å². The summed E-state index contributed by atoms with van der Waals surface area (Å²) in [5.41, 5.74) is 8.06. The molecule has 3 heteroatoms. The maximum absolute atomic E-state index is 6.00. The van der Waals surface area contributed by atoms with Gasteiger partial charge in [-0.2, -0.15) is 0 Å². The van der Waals surface area contributed by atoms with E-state index in [1.807, 2.05) is 12.1 Å². The Morgan fingerprint density at radius 1 is 1.25 bits per heavy atom. The summed E-state index contributed by atoms with van der Waals surface area (Å²) in [5.74, 6) is 0. The van der Waals surface area contributed by atoms with Gasteiger partial charge in [0, 0.05) is 23.3 Å². The third kappa shape index (κ3) is 2.23. The van der Waals surface area contributed by atoms with Crippen LogP contribution in [0.3, 0.4) is 0 Å². The van der Waals surface area contributed by atoms with E-state index in [-0.39, 0.29) is 0 Å². The van der Waals surface area contributed by atoms with Crippen LogP contribution in [0.1, 0.15) is 18.5 Å². The first kappa shape index (κ1) is 11.5. The predicted octanol–water partition coefficient (Wildman–Crippen LogP) is 3.11. The van der Waals surface area contributed by atoms with Gasteiger partial charge < -0.3 is 10.3 Å². The number of hydrogen-bond acceptors (Lipinski definition) is 1. The number of benzene rings is 1. The van der Waals surface area contributed by atoms with Crippen molar-refractivity contribution in [2.24, 2.45) is 12.8 Å². The summed E-state index contributed by atoms with van der Waals surface area (Å²) in [6.45, 7) is 0.774. The van der Waals surface area contributed by atoms with Crippen LogP contribution in [0.25, 0.3) is 10.9 Å². The van der Waals surface area contributed by atoms with E-state index >= 15 is 0 Å². The molecule has 2 N–H and O–H groups in total. The highest BCUT2D eigenvalue weighted by molar-refractivity contribution is 6.31. The first-order chi connectivity index (χ1) is 7.72. The smallest absolute Gasteiger partial charge is 0.0494 e. The van der Waals surface area contributed by atoms with E-state index in [4.69, 9.17) is 17.3 Å². The van der Waals surface area contributed by atoms with Gasteiger partial charge in [-0.15, -0.1) is 0 Å². The van der Waals surface area contributed by atoms with Gasteiger partial charge in [-0.25, -0.2) is 0 Å². The fraction of sp³-hybridized carbons (Fsp3) is 0.385. The molecule has 0 aliphatic heterocycles. The summed E-state index contributed by atoms with van der Waals surface area (Å²) >= 11 is 6.00. The van der Waals surface area contributed by atoms with E-state index < -0.39 is 0 Å². The number of nitrogens with zero attached hydrogens (tertiary/aromatic N) is 1. The van der Waals surface area contributed by atoms with Gasteiger partial charge in [-0.1, -0.05) is 17.7 Å². The Morgan fingerprint density at radius 3 is 2.81 bits per heavy atom. The Balaban J connectivity index is 2.29. The molecule has 1 aromatic heterocycles. The molecule has 0 unspecified atom stereocenters. The Morgan fingerprint density at radius 2 is 2.06 bits per heavy atom. The average Bonchev–Trinajstić information content (AvgIpc) is 2.57. The molecule has 1 heterocycles. The second-order valence-corrected chi connectivity index (χ2v) is 4.58. The lowest BCUT2D eigenvalue weighted by molar-refractivity contribution is 0.711. The first-order valence-electron chi connectivity index (χ1n) is 5.66. The fourth-order valence-electron chi connectivity index (χ4n) is 2.05. The van der Waals surface area contributed by atoms with Crippen LogP contribution in [0.15, 0.2) is 24.3 Å². The van der Waals surface area contributed by atoms with Gasteiger partial charge in [0.1, 0.15) is 0 Å². The fourth-order valence-corrected chi connectivity index (χ4v) is 2.22. The second-order valence-electron chi connectivity index (χ2n) is 4.14. The summed E-state index contributed by atoms with van der Waals surface area (Å²) in [5, 5.41) is 2.05. The van der Waals surface area contributed by atoms with Crippen molar-refractivity contribution in [3.63, 3.8) is 0 Å². The monoisotopic (exact) mass is 236 g/mol. The van der Waals surface area contributed by atoms with Crippen molar-refractivity contribution in [1.82, 2.24) is 4.57 Å². The number of halogens is 1. The van der Waals surface area contributed by atoms with Crippen LogP contribution in [0.2, 0.25) is 5.02 Å². The normalized spacial score (nSPS) is 11.2. The predicted molar refractivity (Wildman–Crippen MR) is 69.9 cm³/mol. The van der Waals surface area contributed by atoms with E-state index in [1.165, 1.54) is 16.6 Å². The van der Waals surface area contributed by atoms with Crippen LogP contribution in [-0.4, -0.2) is 11.1 Å². The standard InChI is InChI=1S/C13H17ClN2/c1-16-12(4-2-3-7-15)8-10-5-6-11(14)9-13(10)16/h5-6,8-9H,2-4,7,15H2,1H3. The van der Waals surface area contributed by atoms with E-state index in [9.17, 15) is 0 Å². The maximum Gasteiger partial charge on any atom is 0.0494 e. The molecule has 2 rings (SSSR count). The number of unbranched alkanes of at least 4 members (excludes halogenated alkanes) is 1. The molecule has 86 valence electrons. The zero-order chi connectivity index (χ0) is 11.5. The zero-order valence-electron chi connectivity index (χ0n) is 9.54. The van der Waals surface area contributed by atoms with Gasteiger partial charge in [-0.3, -0.25) is 0 Å². The van der Waals surface area contributed by atoms with Gasteiger partial charge in [0.05, 0.1) is 0 Å². The molecule has 0 amide bonds. The first-order valence-corrected chi connectivity index (χ1v) is 6.04. The molecule has 2 aromatic rings. The molecule has 0 spiro atoms. The molecule has 0 saturated heterocycles. The van der Waals surface area contributed by atoms with Crippen molar-refractivity contribution in [3.05, 3.63) is 35.0 Å². The molecule has 0 bridgehead atoms. The third-order valence-corrected chi connectivity index (χ3v) is 3.23. The SMILES string of the molecule is Cn1c(CCCCN)cc2ccc(Cl)cc21. The molecule has 0 radical (unpaired) electrons. The highest BCUT2D eigenvalue weighted by Crippen LogP contribution is 2.23. The summed E-state index contributed by atoms with van der Waals surface area (Å²) in [6.07, 6.45) is 3.32. The maximum atomic E-state index is 6.00. The number of aryl methyl sites for hydroxylation is 2. The Hall–Kier alpha value is -0.990. The summed E-state index contributed by atoms with van der Waals surface area (Å²) in [6, 6.07) is 8.27. The van der Waals surface area contributed by atoms with Gasteiger partial charge in [0.15, 0.2) is 0 Å². The van der Waals surface area contributed by atoms with Crippen LogP contribution in [-0.2, 0) is 13.5 Å². The van der Waals surface area contributed by atoms with Gasteiger partial charge in [0.25, 0.3) is 0 Å². The topological polar surface area (TPSA) is 30.9 Å². The lowest BCUT2D eigenvalue weighted by Crippen LogP contribution is -2.01. The molecule has 0 aliphatic carbocycles. The van der Waals surface area contributed by atoms with E-state index in [2.05, 4.69) is 23.7 Å². The zero-order valence-corrected chi connectivity index (χ0v) is 10.3. The second kappa shape index (κ2) is 4.89. The molecule has 0 saturated carbocycles. The molecule has 0 fully saturated rings. The van der Waals surface area contributed by atoms with Crippen molar-refractivity contribution >= 4 is 22.5 Å². The molecular formula is C13H17ClN2. The van der Waals surface area contributed by atoms with Crippen LogP contribution in [0, 0.1) is 0 Å². The number of hydrogen-bond donors (Lipinski definition) is 1. The van der Waals surface area contributed by atoms with Gasteiger partial charge in [-0.05, 0) is 49.4 Å². The molecule has 0 atom stereocenters. The van der Waals surface area contributed by atoms with Gasteiger partial charge in [0.2, 0.25) is 0 Å². The van der Waals surface area contributed by atoms with Crippen molar-refractivity contribution in [2.45, 2.75) is 19.3 Å². The minimum Gasteiger partial charge on any atom is -0.348 e. The Labute approximate surface area is 101 Å².